The molecule has 0 atom stereocenters. The number of urea groups is 2. The number of amides is 4. The molecule has 4 aromatic rings. The molecule has 244 valence electrons. The standard InChI is InChI=1S/2C12H8ClNO3.C4H10N2O.C2H6N2O/c2*13-9-3-1-2-7(4-9)8-5-10(15)11(12(16)17)14-6-8;1-5-4(7)6(2)3;1-4-2(3)5/h2*1-6,15H,(H,16,17);1-3H3,(H,5,7);1H3,(H3,3,4,5). The van der Waals surface area contributed by atoms with Crippen LogP contribution in [0.1, 0.15) is 21.0 Å². The number of aromatic hydroxyl groups is 2. The summed E-state index contributed by atoms with van der Waals surface area (Å²) in [5.41, 5.74) is 6.55. The molecule has 0 spiro atoms. The Balaban J connectivity index is 0.000000343. The lowest BCUT2D eigenvalue weighted by Gasteiger charge is -2.06. The first-order chi connectivity index (χ1) is 21.6. The number of hydrogen-bond acceptors (Lipinski definition) is 8. The molecule has 0 fully saturated rings. The Kier molecular flexibility index (Phi) is 15.8. The molecule has 14 nitrogen and oxygen atoms in total. The maximum atomic E-state index is 10.7. The molecular weight excluding hydrogens is 643 g/mol. The first-order valence-corrected chi connectivity index (χ1v) is 13.6. The maximum absolute atomic E-state index is 10.7. The SMILES string of the molecule is CNC(=O)N(C)C.CNC(N)=O.O=C(O)c1ncc(-c2cccc(Cl)c2)cc1O.O=C(O)c1ncc(-c2cccc(Cl)c2)cc1O. The summed E-state index contributed by atoms with van der Waals surface area (Å²) in [7, 11) is 6.46. The van der Waals surface area contributed by atoms with Gasteiger partial charge < -0.3 is 41.7 Å². The van der Waals surface area contributed by atoms with Gasteiger partial charge in [0, 0.05) is 61.8 Å². The van der Waals surface area contributed by atoms with E-state index in [2.05, 4.69) is 26.3 Å². The number of carbonyl (C=O) groups excluding carboxylic acids is 2. The van der Waals surface area contributed by atoms with E-state index in [-0.39, 0.29) is 28.9 Å². The molecule has 2 aromatic heterocycles. The zero-order chi connectivity index (χ0) is 35.0. The lowest BCUT2D eigenvalue weighted by Crippen LogP contribution is -2.31. The van der Waals surface area contributed by atoms with Gasteiger partial charge in [-0.15, -0.1) is 0 Å². The van der Waals surface area contributed by atoms with Crippen LogP contribution in [0.5, 0.6) is 11.5 Å². The van der Waals surface area contributed by atoms with Crippen molar-refractivity contribution >= 4 is 47.2 Å². The predicted molar refractivity (Wildman–Crippen MR) is 173 cm³/mol. The quantitative estimate of drug-likeness (QED) is 0.157. The molecule has 0 aliphatic heterocycles. The van der Waals surface area contributed by atoms with Gasteiger partial charge in [-0.25, -0.2) is 29.1 Å². The van der Waals surface area contributed by atoms with Crippen molar-refractivity contribution in [1.29, 1.82) is 0 Å². The minimum Gasteiger partial charge on any atom is -0.505 e. The summed E-state index contributed by atoms with van der Waals surface area (Å²) in [4.78, 5) is 50.0. The lowest BCUT2D eigenvalue weighted by molar-refractivity contribution is 0.0675. The number of pyridine rings is 2. The van der Waals surface area contributed by atoms with Crippen LogP contribution in [0.2, 0.25) is 10.0 Å². The third-order valence-corrected chi connectivity index (χ3v) is 5.79. The summed E-state index contributed by atoms with van der Waals surface area (Å²) in [5, 5.41) is 42.2. The van der Waals surface area contributed by atoms with Gasteiger partial charge >= 0.3 is 24.0 Å². The van der Waals surface area contributed by atoms with E-state index >= 15 is 0 Å². The van der Waals surface area contributed by atoms with E-state index in [0.29, 0.717) is 21.2 Å². The van der Waals surface area contributed by atoms with Crippen LogP contribution in [0.25, 0.3) is 22.3 Å². The molecule has 0 unspecified atom stereocenters. The average Bonchev–Trinajstić information content (AvgIpc) is 3.01. The van der Waals surface area contributed by atoms with Crippen molar-refractivity contribution in [3.05, 3.63) is 94.5 Å². The van der Waals surface area contributed by atoms with Crippen LogP contribution in [0.4, 0.5) is 9.59 Å². The smallest absolute Gasteiger partial charge is 0.358 e. The van der Waals surface area contributed by atoms with E-state index < -0.39 is 18.0 Å². The van der Waals surface area contributed by atoms with Crippen molar-refractivity contribution in [1.82, 2.24) is 25.5 Å². The van der Waals surface area contributed by atoms with Gasteiger partial charge in [0.05, 0.1) is 0 Å². The van der Waals surface area contributed by atoms with Crippen LogP contribution in [-0.2, 0) is 0 Å². The Morgan fingerprint density at radius 3 is 1.28 bits per heavy atom. The second kappa shape index (κ2) is 18.9. The first kappa shape index (κ1) is 38.4. The number of nitrogens with zero attached hydrogens (tertiary/aromatic N) is 3. The van der Waals surface area contributed by atoms with Crippen LogP contribution in [0.15, 0.2) is 73.1 Å². The van der Waals surface area contributed by atoms with Gasteiger partial charge in [-0.2, -0.15) is 0 Å². The molecule has 2 heterocycles. The number of carbonyl (C=O) groups is 4. The van der Waals surface area contributed by atoms with E-state index in [1.807, 2.05) is 0 Å². The molecule has 0 aliphatic carbocycles. The van der Waals surface area contributed by atoms with Crippen molar-refractivity contribution < 1.29 is 39.6 Å². The zero-order valence-electron chi connectivity index (χ0n) is 25.0. The maximum Gasteiger partial charge on any atom is 0.358 e. The molecule has 46 heavy (non-hydrogen) atoms. The van der Waals surface area contributed by atoms with E-state index in [1.54, 1.807) is 69.7 Å². The lowest BCUT2D eigenvalue weighted by atomic mass is 10.1. The Morgan fingerprint density at radius 1 is 0.696 bits per heavy atom. The summed E-state index contributed by atoms with van der Waals surface area (Å²) in [6.45, 7) is 0. The summed E-state index contributed by atoms with van der Waals surface area (Å²) in [6, 6.07) is 16.1. The number of aromatic nitrogens is 2. The van der Waals surface area contributed by atoms with E-state index in [9.17, 15) is 29.4 Å². The number of primary amides is 1. The second-order valence-electron chi connectivity index (χ2n) is 8.88. The normalized spacial score (nSPS) is 9.43. The van der Waals surface area contributed by atoms with Crippen molar-refractivity contribution in [3.63, 3.8) is 0 Å². The largest absolute Gasteiger partial charge is 0.505 e. The Morgan fingerprint density at radius 2 is 1.07 bits per heavy atom. The number of rotatable bonds is 4. The van der Waals surface area contributed by atoms with Crippen LogP contribution >= 0.6 is 23.2 Å². The Labute approximate surface area is 274 Å². The van der Waals surface area contributed by atoms with Gasteiger partial charge in [0.15, 0.2) is 11.4 Å². The number of carboxylic acid groups (broad SMARTS) is 2. The van der Waals surface area contributed by atoms with Crippen LogP contribution in [0.3, 0.4) is 0 Å². The van der Waals surface area contributed by atoms with Gasteiger partial charge in [-0.1, -0.05) is 47.5 Å². The van der Waals surface area contributed by atoms with Crippen LogP contribution < -0.4 is 16.4 Å². The number of halogens is 2. The topological polar surface area (TPSA) is 228 Å². The number of benzene rings is 2. The van der Waals surface area contributed by atoms with E-state index in [1.165, 1.54) is 36.5 Å². The van der Waals surface area contributed by atoms with Crippen molar-refractivity contribution in [2.75, 3.05) is 28.2 Å². The van der Waals surface area contributed by atoms with Gasteiger partial charge in [0.2, 0.25) is 0 Å². The second-order valence-corrected chi connectivity index (χ2v) is 9.75. The van der Waals surface area contributed by atoms with Gasteiger partial charge in [-0.3, -0.25) is 0 Å². The van der Waals surface area contributed by atoms with Crippen molar-refractivity contribution in [3.8, 4) is 33.8 Å². The van der Waals surface area contributed by atoms with Crippen LogP contribution in [0, 0.1) is 0 Å². The minimum atomic E-state index is -1.26. The molecule has 0 saturated heterocycles. The third-order valence-electron chi connectivity index (χ3n) is 5.32. The number of carboxylic acids is 2. The highest BCUT2D eigenvalue weighted by Gasteiger charge is 2.13. The zero-order valence-corrected chi connectivity index (χ0v) is 26.5. The molecule has 0 aliphatic rings. The number of aromatic carboxylic acids is 2. The fourth-order valence-electron chi connectivity index (χ4n) is 3.11. The highest BCUT2D eigenvalue weighted by Crippen LogP contribution is 2.27. The fraction of sp³-hybridized carbons (Fsp3) is 0.133. The molecule has 8 N–H and O–H groups in total. The Bertz CT molecular complexity index is 1570. The minimum absolute atomic E-state index is 0.0694. The monoisotopic (exact) mass is 674 g/mol. The molecule has 4 rings (SSSR count). The van der Waals surface area contributed by atoms with E-state index in [4.69, 9.17) is 33.4 Å². The summed E-state index contributed by atoms with van der Waals surface area (Å²) >= 11 is 11.7. The molecule has 2 aromatic carbocycles. The Hall–Kier alpha value is -5.60. The summed E-state index contributed by atoms with van der Waals surface area (Å²) in [5.74, 6) is -3.26. The van der Waals surface area contributed by atoms with E-state index in [0.717, 1.165) is 11.1 Å². The average molecular weight is 676 g/mol. The van der Waals surface area contributed by atoms with Gasteiger partial charge in [0.25, 0.3) is 0 Å². The fourth-order valence-corrected chi connectivity index (χ4v) is 3.49. The highest BCUT2D eigenvalue weighted by molar-refractivity contribution is 6.31. The molecular formula is C30H32Cl2N6O8. The van der Waals surface area contributed by atoms with Crippen molar-refractivity contribution in [2.24, 2.45) is 5.73 Å². The molecule has 4 amide bonds. The highest BCUT2D eigenvalue weighted by atomic mass is 35.5. The molecule has 0 bridgehead atoms. The van der Waals surface area contributed by atoms with Crippen molar-refractivity contribution in [2.45, 2.75) is 0 Å². The number of nitrogens with two attached hydrogens (primary N) is 1. The molecule has 0 radical (unpaired) electrons. The van der Waals surface area contributed by atoms with Crippen LogP contribution in [-0.4, -0.2) is 87.5 Å². The first-order valence-electron chi connectivity index (χ1n) is 12.8. The number of nitrogens with one attached hydrogen (secondary N) is 2. The van der Waals surface area contributed by atoms with Gasteiger partial charge in [-0.05, 0) is 47.5 Å². The number of hydrogen-bond donors (Lipinski definition) is 7. The van der Waals surface area contributed by atoms with Gasteiger partial charge in [0.1, 0.15) is 11.5 Å². The molecule has 16 heteroatoms. The summed E-state index contributed by atoms with van der Waals surface area (Å²) in [6.07, 6.45) is 2.77. The summed E-state index contributed by atoms with van der Waals surface area (Å²) < 4.78 is 0. The molecule has 0 saturated carbocycles. The predicted octanol–water partition coefficient (Wildman–Crippen LogP) is 4.78. The third kappa shape index (κ3) is 13.0.